The summed E-state index contributed by atoms with van der Waals surface area (Å²) in [4.78, 5) is 5.26. The van der Waals surface area contributed by atoms with E-state index in [2.05, 4.69) is 10.4 Å². The molecule has 0 saturated heterocycles. The van der Waals surface area contributed by atoms with Crippen LogP contribution in [0.15, 0.2) is 24.3 Å². The molecule has 15 heavy (non-hydrogen) atoms. The number of hydrogen-bond acceptors (Lipinski definition) is 4. The van der Waals surface area contributed by atoms with E-state index < -0.39 is 0 Å². The molecule has 3 nitrogen and oxygen atoms in total. The molecule has 3 N–H and O–H groups in total. The van der Waals surface area contributed by atoms with Crippen molar-refractivity contribution in [3.8, 4) is 11.3 Å². The van der Waals surface area contributed by atoms with Crippen LogP contribution in [0, 0.1) is 12.7 Å². The van der Waals surface area contributed by atoms with Gasteiger partial charge in [0.25, 0.3) is 0 Å². The van der Waals surface area contributed by atoms with Crippen molar-refractivity contribution in [2.75, 3.05) is 5.43 Å². The van der Waals surface area contributed by atoms with E-state index in [0.29, 0.717) is 5.13 Å². The maximum absolute atomic E-state index is 13.0. The van der Waals surface area contributed by atoms with E-state index in [1.165, 1.54) is 23.5 Å². The molecular formula is C10H10FN3S. The predicted molar refractivity (Wildman–Crippen MR) is 60.1 cm³/mol. The molecule has 5 heteroatoms. The van der Waals surface area contributed by atoms with Crippen LogP contribution in [-0.4, -0.2) is 4.98 Å². The van der Waals surface area contributed by atoms with E-state index in [0.717, 1.165) is 16.1 Å². The van der Waals surface area contributed by atoms with Gasteiger partial charge in [0, 0.05) is 10.4 Å². The molecule has 0 saturated carbocycles. The molecule has 0 fully saturated rings. The molecule has 0 aliphatic heterocycles. The maximum Gasteiger partial charge on any atom is 0.197 e. The fourth-order valence-electron chi connectivity index (χ4n) is 1.36. The molecule has 78 valence electrons. The molecule has 0 spiro atoms. The lowest BCUT2D eigenvalue weighted by Crippen LogP contribution is -2.05. The molecular weight excluding hydrogens is 213 g/mol. The molecule has 0 unspecified atom stereocenters. The highest BCUT2D eigenvalue weighted by atomic mass is 32.1. The van der Waals surface area contributed by atoms with Crippen LogP contribution in [0.25, 0.3) is 11.3 Å². The number of benzene rings is 1. The van der Waals surface area contributed by atoms with E-state index in [-0.39, 0.29) is 5.82 Å². The summed E-state index contributed by atoms with van der Waals surface area (Å²) in [6.07, 6.45) is 0. The highest BCUT2D eigenvalue weighted by molar-refractivity contribution is 7.15. The van der Waals surface area contributed by atoms with Gasteiger partial charge in [-0.15, -0.1) is 11.3 Å². The average Bonchev–Trinajstić information content (AvgIpc) is 2.60. The first-order valence-electron chi connectivity index (χ1n) is 4.40. The fourth-order valence-corrected chi connectivity index (χ4v) is 2.11. The lowest BCUT2D eigenvalue weighted by molar-refractivity contribution is 0.628. The van der Waals surface area contributed by atoms with Crippen LogP contribution in [0.1, 0.15) is 4.88 Å². The minimum absolute atomic E-state index is 0.262. The van der Waals surface area contributed by atoms with Gasteiger partial charge < -0.3 is 0 Å². The summed E-state index contributed by atoms with van der Waals surface area (Å²) in [5.41, 5.74) is 4.03. The van der Waals surface area contributed by atoms with Gasteiger partial charge in [0.2, 0.25) is 0 Å². The summed E-state index contributed by atoms with van der Waals surface area (Å²) in [7, 11) is 0. The zero-order valence-electron chi connectivity index (χ0n) is 8.12. The van der Waals surface area contributed by atoms with Crippen molar-refractivity contribution in [2.45, 2.75) is 6.92 Å². The zero-order chi connectivity index (χ0) is 10.8. The first kappa shape index (κ1) is 10.1. The van der Waals surface area contributed by atoms with Crippen LogP contribution in [0.3, 0.4) is 0 Å². The Labute approximate surface area is 90.7 Å². The van der Waals surface area contributed by atoms with Crippen molar-refractivity contribution in [1.29, 1.82) is 0 Å². The summed E-state index contributed by atoms with van der Waals surface area (Å²) in [6, 6.07) is 6.36. The quantitative estimate of drug-likeness (QED) is 0.607. The van der Waals surface area contributed by atoms with E-state index in [1.807, 2.05) is 13.0 Å². The molecule has 0 aliphatic rings. The fraction of sp³-hybridized carbons (Fsp3) is 0.100. The van der Waals surface area contributed by atoms with E-state index >= 15 is 0 Å². The lowest BCUT2D eigenvalue weighted by Gasteiger charge is -1.97. The Balaban J connectivity index is 2.48. The summed E-state index contributed by atoms with van der Waals surface area (Å²) < 4.78 is 13.0. The Morgan fingerprint density at radius 1 is 1.47 bits per heavy atom. The standard InChI is InChI=1S/C10H10FN3S/c1-6-9(13-10(14-12)15-6)7-3-2-4-8(11)5-7/h2-5H,12H2,1H3,(H,13,14). The van der Waals surface area contributed by atoms with E-state index in [9.17, 15) is 4.39 Å². The molecule has 2 rings (SSSR count). The van der Waals surface area contributed by atoms with Crippen LogP contribution in [0.4, 0.5) is 9.52 Å². The molecule has 0 bridgehead atoms. The number of rotatable bonds is 2. The maximum atomic E-state index is 13.0. The van der Waals surface area contributed by atoms with Crippen molar-refractivity contribution in [3.63, 3.8) is 0 Å². The van der Waals surface area contributed by atoms with Gasteiger partial charge in [-0.2, -0.15) is 0 Å². The SMILES string of the molecule is Cc1sc(NN)nc1-c1cccc(F)c1. The van der Waals surface area contributed by atoms with Crippen molar-refractivity contribution >= 4 is 16.5 Å². The van der Waals surface area contributed by atoms with Gasteiger partial charge in [0.1, 0.15) is 5.82 Å². The second-order valence-corrected chi connectivity index (χ2v) is 4.28. The molecule has 0 aliphatic carbocycles. The number of nitrogens with one attached hydrogen (secondary N) is 1. The molecule has 1 heterocycles. The Kier molecular flexibility index (Phi) is 2.66. The third-order valence-electron chi connectivity index (χ3n) is 2.02. The van der Waals surface area contributed by atoms with Crippen LogP contribution < -0.4 is 11.3 Å². The Bertz CT molecular complexity index is 481. The van der Waals surface area contributed by atoms with Gasteiger partial charge in [-0.25, -0.2) is 15.2 Å². The number of hydrazine groups is 1. The predicted octanol–water partition coefficient (Wildman–Crippen LogP) is 2.54. The third-order valence-corrected chi connectivity index (χ3v) is 2.92. The summed E-state index contributed by atoms with van der Waals surface area (Å²) in [5.74, 6) is 5.00. The van der Waals surface area contributed by atoms with Crippen LogP contribution in [-0.2, 0) is 0 Å². The molecule has 0 amide bonds. The highest BCUT2D eigenvalue weighted by Gasteiger charge is 2.09. The number of nitrogens with zero attached hydrogens (tertiary/aromatic N) is 1. The van der Waals surface area contributed by atoms with Crippen molar-refractivity contribution < 1.29 is 4.39 Å². The molecule has 2 aromatic rings. The number of hydrogen-bond donors (Lipinski definition) is 2. The third kappa shape index (κ3) is 1.98. The molecule has 1 aromatic heterocycles. The van der Waals surface area contributed by atoms with Crippen molar-refractivity contribution in [3.05, 3.63) is 35.0 Å². The van der Waals surface area contributed by atoms with Gasteiger partial charge in [-0.3, -0.25) is 5.43 Å². The molecule has 0 atom stereocenters. The number of halogens is 1. The van der Waals surface area contributed by atoms with Gasteiger partial charge in [0.15, 0.2) is 5.13 Å². The van der Waals surface area contributed by atoms with Gasteiger partial charge in [0.05, 0.1) is 5.69 Å². The lowest BCUT2D eigenvalue weighted by atomic mass is 10.1. The van der Waals surface area contributed by atoms with Crippen LogP contribution in [0.2, 0.25) is 0 Å². The van der Waals surface area contributed by atoms with E-state index in [1.54, 1.807) is 6.07 Å². The number of thiazole rings is 1. The molecule has 1 aromatic carbocycles. The van der Waals surface area contributed by atoms with E-state index in [4.69, 9.17) is 5.84 Å². The highest BCUT2D eigenvalue weighted by Crippen LogP contribution is 2.29. The number of aromatic nitrogens is 1. The largest absolute Gasteiger partial charge is 0.300 e. The monoisotopic (exact) mass is 223 g/mol. The number of nitrogens with two attached hydrogens (primary N) is 1. The first-order chi connectivity index (χ1) is 7.20. The van der Waals surface area contributed by atoms with Crippen molar-refractivity contribution in [2.24, 2.45) is 5.84 Å². The second-order valence-electron chi connectivity index (χ2n) is 3.08. The number of aryl methyl sites for hydroxylation is 1. The van der Waals surface area contributed by atoms with Crippen molar-refractivity contribution in [1.82, 2.24) is 4.98 Å². The average molecular weight is 223 g/mol. The normalized spacial score (nSPS) is 10.3. The summed E-state index contributed by atoms with van der Waals surface area (Å²) in [5, 5.41) is 0.631. The Morgan fingerprint density at radius 3 is 2.87 bits per heavy atom. The summed E-state index contributed by atoms with van der Waals surface area (Å²) in [6.45, 7) is 1.93. The minimum Gasteiger partial charge on any atom is -0.300 e. The van der Waals surface area contributed by atoms with Gasteiger partial charge in [-0.05, 0) is 19.1 Å². The van der Waals surface area contributed by atoms with Gasteiger partial charge in [-0.1, -0.05) is 12.1 Å². The summed E-state index contributed by atoms with van der Waals surface area (Å²) >= 11 is 1.45. The Hall–Kier alpha value is -1.46. The topological polar surface area (TPSA) is 50.9 Å². The van der Waals surface area contributed by atoms with Crippen LogP contribution >= 0.6 is 11.3 Å². The number of nitrogen functional groups attached to an aromatic ring is 1. The minimum atomic E-state index is -0.262. The number of anilines is 1. The first-order valence-corrected chi connectivity index (χ1v) is 5.22. The second kappa shape index (κ2) is 3.96. The van der Waals surface area contributed by atoms with Crippen LogP contribution in [0.5, 0.6) is 0 Å². The molecule has 0 radical (unpaired) electrons. The Morgan fingerprint density at radius 2 is 2.27 bits per heavy atom. The zero-order valence-corrected chi connectivity index (χ0v) is 8.94. The van der Waals surface area contributed by atoms with Gasteiger partial charge >= 0.3 is 0 Å². The smallest absolute Gasteiger partial charge is 0.197 e.